The van der Waals surface area contributed by atoms with Gasteiger partial charge in [0.25, 0.3) is 5.92 Å². The monoisotopic (exact) mass is 163 g/mol. The van der Waals surface area contributed by atoms with Gasteiger partial charge in [-0.3, -0.25) is 4.79 Å². The zero-order chi connectivity index (χ0) is 9.07. The highest BCUT2D eigenvalue weighted by Crippen LogP contribution is 2.08. The molecular formula is C7H11F2NO. The zero-order valence-corrected chi connectivity index (χ0v) is 6.58. The molecular weight excluding hydrogens is 152 g/mol. The van der Waals surface area contributed by atoms with Gasteiger partial charge in [0.1, 0.15) is 0 Å². The van der Waals surface area contributed by atoms with Crippen molar-refractivity contribution >= 4 is 5.91 Å². The number of hydrogen-bond donors (Lipinski definition) is 1. The Hall–Kier alpha value is -0.930. The van der Waals surface area contributed by atoms with Gasteiger partial charge in [-0.1, -0.05) is 6.58 Å². The fourth-order valence-corrected chi connectivity index (χ4v) is 0.386. The first-order valence-corrected chi connectivity index (χ1v) is 3.14. The van der Waals surface area contributed by atoms with Crippen LogP contribution in [0.25, 0.3) is 0 Å². The van der Waals surface area contributed by atoms with Gasteiger partial charge in [0.15, 0.2) is 0 Å². The molecule has 64 valence electrons. The van der Waals surface area contributed by atoms with Crippen LogP contribution in [0.1, 0.15) is 13.8 Å². The van der Waals surface area contributed by atoms with E-state index < -0.39 is 18.4 Å². The van der Waals surface area contributed by atoms with Gasteiger partial charge in [-0.05, 0) is 6.92 Å². The maximum Gasteiger partial charge on any atom is 0.262 e. The molecule has 0 radical (unpaired) electrons. The van der Waals surface area contributed by atoms with Crippen molar-refractivity contribution in [3.63, 3.8) is 0 Å². The molecule has 0 saturated heterocycles. The summed E-state index contributed by atoms with van der Waals surface area (Å²) in [5.41, 5.74) is 0.231. The van der Waals surface area contributed by atoms with Crippen LogP contribution in [0.15, 0.2) is 12.2 Å². The van der Waals surface area contributed by atoms with Crippen molar-refractivity contribution in [3.8, 4) is 0 Å². The Kier molecular flexibility index (Phi) is 3.17. The molecule has 0 spiro atoms. The van der Waals surface area contributed by atoms with E-state index in [1.54, 1.807) is 0 Å². The third-order valence-corrected chi connectivity index (χ3v) is 0.947. The van der Waals surface area contributed by atoms with E-state index in [1.165, 1.54) is 6.92 Å². The largest absolute Gasteiger partial charge is 0.346 e. The lowest BCUT2D eigenvalue weighted by Gasteiger charge is -2.10. The molecule has 0 aromatic heterocycles. The Morgan fingerprint density at radius 1 is 1.64 bits per heavy atom. The zero-order valence-electron chi connectivity index (χ0n) is 6.58. The first-order chi connectivity index (χ1) is 4.83. The minimum Gasteiger partial charge on any atom is -0.346 e. The third kappa shape index (κ3) is 5.51. The predicted octanol–water partition coefficient (Wildman–Crippen LogP) is 1.33. The number of amides is 1. The molecule has 2 nitrogen and oxygen atoms in total. The molecule has 4 heteroatoms. The average molecular weight is 163 g/mol. The molecule has 0 bridgehead atoms. The van der Waals surface area contributed by atoms with Crippen molar-refractivity contribution in [2.45, 2.75) is 19.8 Å². The Balaban J connectivity index is 3.73. The van der Waals surface area contributed by atoms with E-state index in [0.29, 0.717) is 0 Å². The molecule has 0 atom stereocenters. The predicted molar refractivity (Wildman–Crippen MR) is 38.4 cm³/mol. The van der Waals surface area contributed by atoms with Crippen molar-refractivity contribution in [1.82, 2.24) is 5.32 Å². The van der Waals surface area contributed by atoms with E-state index in [9.17, 15) is 13.6 Å². The molecule has 0 heterocycles. The maximum atomic E-state index is 12.1. The number of hydrogen-bond acceptors (Lipinski definition) is 1. The van der Waals surface area contributed by atoms with Gasteiger partial charge in [-0.2, -0.15) is 0 Å². The average Bonchev–Trinajstić information content (AvgIpc) is 1.80. The van der Waals surface area contributed by atoms with Gasteiger partial charge in [-0.15, -0.1) is 0 Å². The molecule has 0 aliphatic rings. The molecule has 0 aromatic rings. The molecule has 0 aliphatic carbocycles. The van der Waals surface area contributed by atoms with Crippen LogP contribution >= 0.6 is 0 Å². The Morgan fingerprint density at radius 3 is 2.36 bits per heavy atom. The van der Waals surface area contributed by atoms with Crippen LogP contribution < -0.4 is 5.32 Å². The molecule has 11 heavy (non-hydrogen) atoms. The number of nitrogens with one attached hydrogen (secondary N) is 1. The third-order valence-electron chi connectivity index (χ3n) is 0.947. The van der Waals surface area contributed by atoms with Gasteiger partial charge in [0.05, 0.1) is 6.54 Å². The van der Waals surface area contributed by atoms with Gasteiger partial charge in [-0.25, -0.2) is 8.78 Å². The fraction of sp³-hybridized carbons (Fsp3) is 0.571. The number of carbonyl (C=O) groups is 1. The van der Waals surface area contributed by atoms with Crippen molar-refractivity contribution in [3.05, 3.63) is 12.2 Å². The lowest BCUT2D eigenvalue weighted by molar-refractivity contribution is -0.119. The second-order valence-corrected chi connectivity index (χ2v) is 2.53. The van der Waals surface area contributed by atoms with Crippen LogP contribution in [-0.4, -0.2) is 18.4 Å². The van der Waals surface area contributed by atoms with Crippen LogP contribution in [0, 0.1) is 0 Å². The molecule has 1 N–H and O–H groups in total. The smallest absolute Gasteiger partial charge is 0.262 e. The summed E-state index contributed by atoms with van der Waals surface area (Å²) in [5.74, 6) is -3.39. The summed E-state index contributed by atoms with van der Waals surface area (Å²) in [6, 6.07) is 0. The molecule has 0 saturated carbocycles. The summed E-state index contributed by atoms with van der Waals surface area (Å²) in [6.07, 6.45) is 0. The van der Waals surface area contributed by atoms with Crippen LogP contribution in [0.3, 0.4) is 0 Å². The van der Waals surface area contributed by atoms with E-state index in [4.69, 9.17) is 0 Å². The summed E-state index contributed by atoms with van der Waals surface area (Å²) in [5, 5.41) is 2.03. The molecule has 0 unspecified atom stereocenters. The lowest BCUT2D eigenvalue weighted by atomic mass is 10.3. The SMILES string of the molecule is C=C(C)C(=O)NCC(C)(F)F. The fourth-order valence-electron chi connectivity index (χ4n) is 0.386. The topological polar surface area (TPSA) is 29.1 Å². The van der Waals surface area contributed by atoms with Crippen LogP contribution in [0.4, 0.5) is 8.78 Å². The summed E-state index contributed by atoms with van der Waals surface area (Å²) in [4.78, 5) is 10.6. The van der Waals surface area contributed by atoms with Crippen molar-refractivity contribution in [1.29, 1.82) is 0 Å². The van der Waals surface area contributed by atoms with Gasteiger partial charge < -0.3 is 5.32 Å². The second-order valence-electron chi connectivity index (χ2n) is 2.53. The Bertz CT molecular complexity index is 172. The number of alkyl halides is 2. The number of halogens is 2. The highest BCUT2D eigenvalue weighted by Gasteiger charge is 2.21. The second kappa shape index (κ2) is 3.46. The van der Waals surface area contributed by atoms with Gasteiger partial charge in [0, 0.05) is 12.5 Å². The van der Waals surface area contributed by atoms with Crippen molar-refractivity contribution < 1.29 is 13.6 Å². The van der Waals surface area contributed by atoms with E-state index in [0.717, 1.165) is 6.92 Å². The number of carbonyl (C=O) groups excluding carboxylic acids is 1. The highest BCUT2D eigenvalue weighted by molar-refractivity contribution is 5.92. The van der Waals surface area contributed by atoms with Crippen LogP contribution in [-0.2, 0) is 4.79 Å². The van der Waals surface area contributed by atoms with Crippen molar-refractivity contribution in [2.24, 2.45) is 0 Å². The molecule has 0 rings (SSSR count). The highest BCUT2D eigenvalue weighted by atomic mass is 19.3. The van der Waals surface area contributed by atoms with Crippen LogP contribution in [0.2, 0.25) is 0 Å². The van der Waals surface area contributed by atoms with Crippen molar-refractivity contribution in [2.75, 3.05) is 6.54 Å². The maximum absolute atomic E-state index is 12.1. The Morgan fingerprint density at radius 2 is 2.09 bits per heavy atom. The summed E-state index contributed by atoms with van der Waals surface area (Å²) in [6.45, 7) is 4.86. The quantitative estimate of drug-likeness (QED) is 0.625. The normalized spacial score (nSPS) is 10.9. The molecule has 0 aromatic carbocycles. The minimum atomic E-state index is -2.86. The summed E-state index contributed by atoms with van der Waals surface area (Å²) in [7, 11) is 0. The first kappa shape index (κ1) is 10.1. The molecule has 0 fully saturated rings. The van der Waals surface area contributed by atoms with E-state index >= 15 is 0 Å². The standard InChI is InChI=1S/C7H11F2NO/c1-5(2)6(11)10-4-7(3,8)9/h1,4H2,2-3H3,(H,10,11). The summed E-state index contributed by atoms with van der Waals surface area (Å²) >= 11 is 0. The Labute approximate surface area is 64.3 Å². The number of rotatable bonds is 3. The van der Waals surface area contributed by atoms with E-state index in [2.05, 4.69) is 6.58 Å². The summed E-state index contributed by atoms with van der Waals surface area (Å²) < 4.78 is 24.2. The molecule has 0 aliphatic heterocycles. The minimum absolute atomic E-state index is 0.231. The van der Waals surface area contributed by atoms with E-state index in [1.807, 2.05) is 5.32 Å². The lowest BCUT2D eigenvalue weighted by Crippen LogP contribution is -2.34. The first-order valence-electron chi connectivity index (χ1n) is 3.14. The van der Waals surface area contributed by atoms with Gasteiger partial charge >= 0.3 is 0 Å². The molecule has 1 amide bonds. The van der Waals surface area contributed by atoms with Gasteiger partial charge in [0.2, 0.25) is 5.91 Å². The van der Waals surface area contributed by atoms with Crippen LogP contribution in [0.5, 0.6) is 0 Å². The van der Waals surface area contributed by atoms with E-state index in [-0.39, 0.29) is 5.57 Å².